The third-order valence-corrected chi connectivity index (χ3v) is 0. The summed E-state index contributed by atoms with van der Waals surface area (Å²) >= 11 is 2.41. The van der Waals surface area contributed by atoms with E-state index in [4.69, 9.17) is 0 Å². The molecule has 0 aliphatic heterocycles. The molecule has 0 aromatic rings. The van der Waals surface area contributed by atoms with Crippen LogP contribution in [0.2, 0.25) is 0 Å². The van der Waals surface area contributed by atoms with Gasteiger partial charge in [0.05, 0.1) is 0 Å². The zero-order valence-electron chi connectivity index (χ0n) is 3.76. The zero-order valence-corrected chi connectivity index (χ0v) is 5.69. The van der Waals surface area contributed by atoms with E-state index in [1.807, 2.05) is 0 Å². The molecular formula is H12ClMnO6. The van der Waals surface area contributed by atoms with Crippen molar-refractivity contribution >= 4 is 10.1 Å². The van der Waals surface area contributed by atoms with Crippen LogP contribution in [0.5, 0.6) is 0 Å². The van der Waals surface area contributed by atoms with Gasteiger partial charge in [-0.25, -0.2) is 0 Å². The van der Waals surface area contributed by atoms with Crippen molar-refractivity contribution in [3.05, 3.63) is 0 Å². The van der Waals surface area contributed by atoms with Crippen LogP contribution in [0.3, 0.4) is 0 Å². The third kappa shape index (κ3) is 628. The second-order valence-electron chi connectivity index (χ2n) is 0. The quantitative estimate of drug-likeness (QED) is 0.341. The predicted molar refractivity (Wildman–Crippen MR) is 27.5 cm³/mol. The average molecular weight is 198 g/mol. The van der Waals surface area contributed by atoms with Crippen molar-refractivity contribution in [1.82, 2.24) is 0 Å². The zero-order chi connectivity index (χ0) is 2.00. The van der Waals surface area contributed by atoms with Gasteiger partial charge in [-0.15, -0.1) is 0 Å². The van der Waals surface area contributed by atoms with Crippen molar-refractivity contribution in [2.75, 3.05) is 0 Å². The van der Waals surface area contributed by atoms with E-state index in [1.54, 1.807) is 0 Å². The molecule has 0 aromatic heterocycles. The molecule has 0 saturated carbocycles. The van der Waals surface area contributed by atoms with E-state index in [0.717, 1.165) is 0 Å². The first-order valence-corrected chi connectivity index (χ1v) is 1.77. The molecule has 0 aliphatic carbocycles. The molecule has 0 unspecified atom stereocenters. The summed E-state index contributed by atoms with van der Waals surface area (Å²) in [6.07, 6.45) is 0. The van der Waals surface area contributed by atoms with E-state index < -0.39 is 0 Å². The molecule has 6 nitrogen and oxygen atoms in total. The van der Waals surface area contributed by atoms with Gasteiger partial charge in [0.2, 0.25) is 0 Å². The fraction of sp³-hybridized carbons (Fsp3) is 0. The molecule has 0 spiro atoms. The SMILES string of the molecule is O.O.O.O.O.O.[Cl][Mn]. The van der Waals surface area contributed by atoms with Crippen LogP contribution in [0.1, 0.15) is 0 Å². The molecule has 8 heteroatoms. The molecule has 0 saturated heterocycles. The van der Waals surface area contributed by atoms with Crippen molar-refractivity contribution in [1.29, 1.82) is 0 Å². The molecule has 8 heavy (non-hydrogen) atoms. The van der Waals surface area contributed by atoms with Gasteiger partial charge in [-0.05, 0) is 0 Å². The summed E-state index contributed by atoms with van der Waals surface area (Å²) < 4.78 is 0. The summed E-state index contributed by atoms with van der Waals surface area (Å²) in [4.78, 5) is 0. The Bertz CT molecular complexity index is 8.49. The Labute approximate surface area is 58.7 Å². The number of rotatable bonds is 0. The average Bonchev–Trinajstić information content (AvgIpc) is 1.00. The van der Waals surface area contributed by atoms with Crippen LogP contribution < -0.4 is 0 Å². The van der Waals surface area contributed by atoms with Gasteiger partial charge < -0.3 is 32.9 Å². The Morgan fingerprint density at radius 2 is 0.500 bits per heavy atom. The van der Waals surface area contributed by atoms with Crippen LogP contribution in [0.15, 0.2) is 0 Å². The first-order valence-electron chi connectivity index (χ1n) is 0.143. The molecule has 0 rings (SSSR count). The Hall–Kier alpha value is 0.569. The van der Waals surface area contributed by atoms with E-state index >= 15 is 0 Å². The van der Waals surface area contributed by atoms with Gasteiger partial charge in [-0.1, -0.05) is 0 Å². The topological polar surface area (TPSA) is 189 Å². The van der Waals surface area contributed by atoms with Crippen molar-refractivity contribution < 1.29 is 48.0 Å². The molecule has 0 bridgehead atoms. The molecule has 0 amide bonds. The van der Waals surface area contributed by atoms with E-state index in [9.17, 15) is 0 Å². The minimum atomic E-state index is 0. The van der Waals surface area contributed by atoms with Gasteiger partial charge in [0, 0.05) is 0 Å². The fourth-order valence-corrected chi connectivity index (χ4v) is 0. The molecule has 0 radical (unpaired) electrons. The van der Waals surface area contributed by atoms with Crippen LogP contribution in [0.25, 0.3) is 0 Å². The Morgan fingerprint density at radius 3 is 0.500 bits per heavy atom. The maximum absolute atomic E-state index is 4.45. The minimum absolute atomic E-state index is 0. The summed E-state index contributed by atoms with van der Waals surface area (Å²) in [6.45, 7) is 0. The van der Waals surface area contributed by atoms with Gasteiger partial charge in [0.25, 0.3) is 0 Å². The molecular weight excluding hydrogens is 186 g/mol. The van der Waals surface area contributed by atoms with E-state index in [-0.39, 0.29) is 32.9 Å². The summed E-state index contributed by atoms with van der Waals surface area (Å²) in [6, 6.07) is 0. The molecule has 62 valence electrons. The fourth-order valence-electron chi connectivity index (χ4n) is 0. The summed E-state index contributed by atoms with van der Waals surface area (Å²) in [5, 5.41) is 0. The van der Waals surface area contributed by atoms with Crippen LogP contribution in [0.4, 0.5) is 0 Å². The summed E-state index contributed by atoms with van der Waals surface area (Å²) in [5.41, 5.74) is 0. The predicted octanol–water partition coefficient (Wildman–Crippen LogP) is -4.26. The third-order valence-electron chi connectivity index (χ3n) is 0. The van der Waals surface area contributed by atoms with E-state index in [0.29, 0.717) is 0 Å². The Balaban J connectivity index is -0.000000000333. The monoisotopic (exact) mass is 198 g/mol. The molecule has 12 N–H and O–H groups in total. The van der Waals surface area contributed by atoms with Crippen LogP contribution in [0, 0.1) is 0 Å². The van der Waals surface area contributed by atoms with E-state index in [2.05, 4.69) is 25.2 Å². The van der Waals surface area contributed by atoms with Crippen LogP contribution >= 0.6 is 10.1 Å². The maximum atomic E-state index is 4.45. The van der Waals surface area contributed by atoms with Gasteiger partial charge >= 0.3 is 25.2 Å². The second-order valence-corrected chi connectivity index (χ2v) is 0. The Kier molecular flexibility index (Phi) is 25100. The number of hydrogen-bond acceptors (Lipinski definition) is 0. The van der Waals surface area contributed by atoms with Gasteiger partial charge in [0.15, 0.2) is 0 Å². The molecule has 0 aromatic carbocycles. The van der Waals surface area contributed by atoms with Crippen molar-refractivity contribution in [2.45, 2.75) is 0 Å². The first kappa shape index (κ1) is 199. The molecule has 0 fully saturated rings. The first-order chi connectivity index (χ1) is 1.00. The van der Waals surface area contributed by atoms with Gasteiger partial charge in [-0.2, -0.15) is 0 Å². The normalized spacial score (nSPS) is 0.750. The van der Waals surface area contributed by atoms with Crippen LogP contribution in [-0.2, 0) is 15.1 Å². The number of halogens is 1. The van der Waals surface area contributed by atoms with Crippen molar-refractivity contribution in [3.8, 4) is 0 Å². The van der Waals surface area contributed by atoms with Gasteiger partial charge in [0.1, 0.15) is 0 Å². The van der Waals surface area contributed by atoms with Crippen LogP contribution in [-0.4, -0.2) is 32.9 Å². The van der Waals surface area contributed by atoms with Crippen molar-refractivity contribution in [2.24, 2.45) is 0 Å². The summed E-state index contributed by atoms with van der Waals surface area (Å²) in [5.74, 6) is 0. The second kappa shape index (κ2) is 1010. The molecule has 0 aliphatic rings. The van der Waals surface area contributed by atoms with Crippen molar-refractivity contribution in [3.63, 3.8) is 0 Å². The summed E-state index contributed by atoms with van der Waals surface area (Å²) in [7, 11) is 4.45. The van der Waals surface area contributed by atoms with E-state index in [1.165, 1.54) is 0 Å². The van der Waals surface area contributed by atoms with Gasteiger partial charge in [-0.3, -0.25) is 0 Å². The number of hydrogen-bond donors (Lipinski definition) is 0. The Morgan fingerprint density at radius 1 is 0.500 bits per heavy atom. The molecule has 0 atom stereocenters. The standard InChI is InChI=1S/ClH.Mn.6H2O/h1H;;6*1H2/q;+1;;;;;;/p-1. The molecule has 0 heterocycles.